The first-order valence-corrected chi connectivity index (χ1v) is 9.11. The molecule has 0 atom stereocenters. The predicted octanol–water partition coefficient (Wildman–Crippen LogP) is 5.25. The normalized spacial score (nSPS) is 11.2. The molecule has 0 radical (unpaired) electrons. The number of carbonyl (C=O) groups excluding carboxylic acids is 1. The van der Waals surface area contributed by atoms with Crippen LogP contribution >= 0.6 is 11.6 Å². The zero-order valence-electron chi connectivity index (χ0n) is 15.9. The lowest BCUT2D eigenvalue weighted by Crippen LogP contribution is -2.06. The zero-order chi connectivity index (χ0) is 20.3. The van der Waals surface area contributed by atoms with Gasteiger partial charge >= 0.3 is 0 Å². The lowest BCUT2D eigenvalue weighted by molar-refractivity contribution is 0.104. The number of carbonyl (C=O) groups is 1. The van der Waals surface area contributed by atoms with Gasteiger partial charge in [-0.3, -0.25) is 9.48 Å². The van der Waals surface area contributed by atoms with Gasteiger partial charge in [-0.1, -0.05) is 23.7 Å². The third-order valence-corrected chi connectivity index (χ3v) is 5.02. The van der Waals surface area contributed by atoms with E-state index in [0.29, 0.717) is 17.1 Å². The SMILES string of the molecule is COc1ccc(/C=C/C(=O)c2ccc(F)cc2)cc1Cn1nc(C)c(Cl)c1C. The Bertz CT molecular complexity index is 1040. The molecule has 28 heavy (non-hydrogen) atoms. The highest BCUT2D eigenvalue weighted by atomic mass is 35.5. The topological polar surface area (TPSA) is 44.1 Å². The molecule has 144 valence electrons. The number of aryl methyl sites for hydroxylation is 1. The van der Waals surface area contributed by atoms with Gasteiger partial charge in [-0.15, -0.1) is 0 Å². The molecule has 0 spiro atoms. The second-order valence-electron chi connectivity index (χ2n) is 6.42. The Morgan fingerprint density at radius 1 is 1.21 bits per heavy atom. The summed E-state index contributed by atoms with van der Waals surface area (Å²) in [5.41, 5.74) is 3.86. The molecule has 0 aliphatic rings. The van der Waals surface area contributed by atoms with Crippen LogP contribution in [0.1, 0.15) is 32.9 Å². The molecule has 0 aliphatic carbocycles. The number of nitrogens with zero attached hydrogens (tertiary/aromatic N) is 2. The summed E-state index contributed by atoms with van der Waals surface area (Å²) in [6, 6.07) is 11.1. The van der Waals surface area contributed by atoms with E-state index in [0.717, 1.165) is 28.3 Å². The maximum atomic E-state index is 13.0. The molecule has 0 aliphatic heterocycles. The fourth-order valence-corrected chi connectivity index (χ4v) is 3.03. The number of rotatable bonds is 6. The van der Waals surface area contributed by atoms with Gasteiger partial charge in [0, 0.05) is 11.1 Å². The van der Waals surface area contributed by atoms with E-state index in [4.69, 9.17) is 16.3 Å². The van der Waals surface area contributed by atoms with Crippen LogP contribution < -0.4 is 4.74 Å². The first-order valence-electron chi connectivity index (χ1n) is 8.73. The van der Waals surface area contributed by atoms with Gasteiger partial charge in [-0.25, -0.2) is 4.39 Å². The van der Waals surface area contributed by atoms with Crippen molar-refractivity contribution in [3.05, 3.63) is 87.5 Å². The van der Waals surface area contributed by atoms with Gasteiger partial charge in [-0.2, -0.15) is 5.10 Å². The van der Waals surface area contributed by atoms with Crippen molar-refractivity contribution in [1.82, 2.24) is 9.78 Å². The summed E-state index contributed by atoms with van der Waals surface area (Å²) >= 11 is 6.24. The average molecular weight is 399 g/mol. The van der Waals surface area contributed by atoms with Crippen LogP contribution in [0.15, 0.2) is 48.5 Å². The lowest BCUT2D eigenvalue weighted by Gasteiger charge is -2.11. The average Bonchev–Trinajstić information content (AvgIpc) is 2.93. The molecule has 0 bridgehead atoms. The summed E-state index contributed by atoms with van der Waals surface area (Å²) in [6.07, 6.45) is 3.20. The largest absolute Gasteiger partial charge is 0.496 e. The quantitative estimate of drug-likeness (QED) is 0.421. The first kappa shape index (κ1) is 19.8. The number of ether oxygens (including phenoxy) is 1. The molecule has 2 aromatic carbocycles. The Labute approximate surface area is 168 Å². The van der Waals surface area contributed by atoms with Crippen molar-refractivity contribution >= 4 is 23.5 Å². The molecule has 0 saturated heterocycles. The van der Waals surface area contributed by atoms with Gasteiger partial charge in [0.1, 0.15) is 11.6 Å². The summed E-state index contributed by atoms with van der Waals surface area (Å²) in [6.45, 7) is 4.28. The van der Waals surface area contributed by atoms with E-state index >= 15 is 0 Å². The summed E-state index contributed by atoms with van der Waals surface area (Å²) in [5, 5.41) is 5.11. The van der Waals surface area contributed by atoms with Crippen molar-refractivity contribution in [3.63, 3.8) is 0 Å². The molecular formula is C22H20ClFN2O2. The Balaban J connectivity index is 1.84. The molecule has 0 saturated carbocycles. The lowest BCUT2D eigenvalue weighted by atomic mass is 10.1. The monoisotopic (exact) mass is 398 g/mol. The van der Waals surface area contributed by atoms with E-state index in [1.807, 2.05) is 36.7 Å². The zero-order valence-corrected chi connectivity index (χ0v) is 16.6. The maximum absolute atomic E-state index is 13.0. The number of benzene rings is 2. The molecule has 3 aromatic rings. The van der Waals surface area contributed by atoms with Gasteiger partial charge in [0.15, 0.2) is 5.78 Å². The molecule has 3 rings (SSSR count). The van der Waals surface area contributed by atoms with E-state index in [-0.39, 0.29) is 11.6 Å². The number of allylic oxidation sites excluding steroid dienone is 1. The van der Waals surface area contributed by atoms with Crippen LogP contribution in [-0.2, 0) is 6.54 Å². The maximum Gasteiger partial charge on any atom is 0.185 e. The fourth-order valence-electron chi connectivity index (χ4n) is 2.90. The van der Waals surface area contributed by atoms with Crippen LogP contribution in [0.4, 0.5) is 4.39 Å². The molecule has 0 fully saturated rings. The van der Waals surface area contributed by atoms with Crippen LogP contribution in [0.2, 0.25) is 5.02 Å². The number of halogens is 2. The second-order valence-corrected chi connectivity index (χ2v) is 6.80. The summed E-state index contributed by atoms with van der Waals surface area (Å²) in [5.74, 6) is 0.165. The third-order valence-electron chi connectivity index (χ3n) is 4.47. The number of ketones is 1. The van der Waals surface area contributed by atoms with Crippen LogP contribution in [0, 0.1) is 19.7 Å². The highest BCUT2D eigenvalue weighted by Gasteiger charge is 2.12. The molecule has 1 aromatic heterocycles. The van der Waals surface area contributed by atoms with Gasteiger partial charge in [-0.05, 0) is 61.9 Å². The Kier molecular flexibility index (Phi) is 5.95. The Morgan fingerprint density at radius 2 is 1.93 bits per heavy atom. The van der Waals surface area contributed by atoms with E-state index in [1.54, 1.807) is 13.2 Å². The molecule has 0 unspecified atom stereocenters. The third kappa shape index (κ3) is 4.31. The number of hydrogen-bond acceptors (Lipinski definition) is 3. The molecule has 6 heteroatoms. The van der Waals surface area contributed by atoms with Crippen molar-refractivity contribution in [2.45, 2.75) is 20.4 Å². The van der Waals surface area contributed by atoms with Crippen molar-refractivity contribution in [1.29, 1.82) is 0 Å². The smallest absolute Gasteiger partial charge is 0.185 e. The van der Waals surface area contributed by atoms with Crippen LogP contribution in [-0.4, -0.2) is 22.7 Å². The number of hydrogen-bond donors (Lipinski definition) is 0. The van der Waals surface area contributed by atoms with Crippen molar-refractivity contribution in [3.8, 4) is 5.75 Å². The highest BCUT2D eigenvalue weighted by molar-refractivity contribution is 6.31. The Morgan fingerprint density at radius 3 is 2.54 bits per heavy atom. The fraction of sp³-hybridized carbons (Fsp3) is 0.182. The Hall–Kier alpha value is -2.92. The van der Waals surface area contributed by atoms with Crippen molar-refractivity contribution < 1.29 is 13.9 Å². The van der Waals surface area contributed by atoms with E-state index in [9.17, 15) is 9.18 Å². The molecule has 0 N–H and O–H groups in total. The summed E-state index contributed by atoms with van der Waals surface area (Å²) in [4.78, 5) is 12.3. The standard InChI is InChI=1S/C22H20ClFN2O2/c1-14-22(23)15(2)26(25-14)13-18-12-16(5-11-21(18)28-3)4-10-20(27)17-6-8-19(24)9-7-17/h4-12H,13H2,1-3H3/b10-4+. The first-order chi connectivity index (χ1) is 13.4. The number of methoxy groups -OCH3 is 1. The van der Waals surface area contributed by atoms with Crippen LogP contribution in [0.25, 0.3) is 6.08 Å². The minimum absolute atomic E-state index is 0.192. The highest BCUT2D eigenvalue weighted by Crippen LogP contribution is 2.25. The minimum atomic E-state index is -0.371. The predicted molar refractivity (Wildman–Crippen MR) is 109 cm³/mol. The van der Waals surface area contributed by atoms with Gasteiger partial charge < -0.3 is 4.74 Å². The molecular weight excluding hydrogens is 379 g/mol. The van der Waals surface area contributed by atoms with Crippen LogP contribution in [0.3, 0.4) is 0 Å². The molecule has 1 heterocycles. The summed E-state index contributed by atoms with van der Waals surface area (Å²) < 4.78 is 20.3. The summed E-state index contributed by atoms with van der Waals surface area (Å²) in [7, 11) is 1.61. The second kappa shape index (κ2) is 8.40. The van der Waals surface area contributed by atoms with Gasteiger partial charge in [0.2, 0.25) is 0 Å². The van der Waals surface area contributed by atoms with Crippen molar-refractivity contribution in [2.24, 2.45) is 0 Å². The minimum Gasteiger partial charge on any atom is -0.496 e. The van der Waals surface area contributed by atoms with E-state index < -0.39 is 0 Å². The van der Waals surface area contributed by atoms with Gasteiger partial charge in [0.25, 0.3) is 0 Å². The molecule has 4 nitrogen and oxygen atoms in total. The van der Waals surface area contributed by atoms with E-state index in [1.165, 1.54) is 30.3 Å². The molecule has 0 amide bonds. The van der Waals surface area contributed by atoms with Gasteiger partial charge in [0.05, 0.1) is 30.1 Å². The van der Waals surface area contributed by atoms with Crippen LogP contribution in [0.5, 0.6) is 5.75 Å². The van der Waals surface area contributed by atoms with E-state index in [2.05, 4.69) is 5.10 Å². The number of aromatic nitrogens is 2. The van der Waals surface area contributed by atoms with Crippen molar-refractivity contribution in [2.75, 3.05) is 7.11 Å².